The zero-order chi connectivity index (χ0) is 25.5. The zero-order valence-corrected chi connectivity index (χ0v) is 23.3. The van der Waals surface area contributed by atoms with Gasteiger partial charge in [-0.25, -0.2) is 0 Å². The van der Waals surface area contributed by atoms with Gasteiger partial charge in [0.2, 0.25) is 0 Å². The Labute approximate surface area is 208 Å². The van der Waals surface area contributed by atoms with Crippen LogP contribution in [0.25, 0.3) is 0 Å². The molecular formula is C30H54O4. The van der Waals surface area contributed by atoms with Gasteiger partial charge in [-0.3, -0.25) is 0 Å². The van der Waals surface area contributed by atoms with Crippen LogP contribution in [0.1, 0.15) is 120 Å². The highest BCUT2D eigenvalue weighted by atomic mass is 16.3. The lowest BCUT2D eigenvalue weighted by Crippen LogP contribution is -2.66. The third-order valence-electron chi connectivity index (χ3n) is 12.6. The molecule has 4 N–H and O–H groups in total. The summed E-state index contributed by atoms with van der Waals surface area (Å²) in [6.45, 7) is 17.6. The molecule has 4 saturated carbocycles. The summed E-state index contributed by atoms with van der Waals surface area (Å²) in [6.07, 6.45) is 8.62. The lowest BCUT2D eigenvalue weighted by Gasteiger charge is -2.70. The molecule has 1 unspecified atom stereocenters. The van der Waals surface area contributed by atoms with Crippen LogP contribution in [0.3, 0.4) is 0 Å². The van der Waals surface area contributed by atoms with E-state index in [4.69, 9.17) is 0 Å². The first kappa shape index (κ1) is 26.9. The van der Waals surface area contributed by atoms with E-state index in [0.717, 1.165) is 51.4 Å². The van der Waals surface area contributed by atoms with Crippen LogP contribution in [-0.2, 0) is 0 Å². The normalized spacial score (nSPS) is 50.1. The van der Waals surface area contributed by atoms with E-state index in [1.165, 1.54) is 0 Å². The van der Waals surface area contributed by atoms with Crippen LogP contribution in [0.5, 0.6) is 0 Å². The van der Waals surface area contributed by atoms with Crippen molar-refractivity contribution in [1.82, 2.24) is 0 Å². The van der Waals surface area contributed by atoms with Crippen molar-refractivity contribution in [3.8, 4) is 0 Å². The van der Waals surface area contributed by atoms with Crippen molar-refractivity contribution < 1.29 is 20.4 Å². The molecule has 4 fully saturated rings. The predicted octanol–water partition coefficient (Wildman–Crippen LogP) is 5.70. The lowest BCUT2D eigenvalue weighted by molar-refractivity contribution is -0.246. The summed E-state index contributed by atoms with van der Waals surface area (Å²) in [4.78, 5) is 0. The molecule has 198 valence electrons. The Kier molecular flexibility index (Phi) is 6.46. The Morgan fingerprint density at radius 1 is 0.765 bits per heavy atom. The van der Waals surface area contributed by atoms with Gasteiger partial charge in [0.05, 0.1) is 23.4 Å². The van der Waals surface area contributed by atoms with Gasteiger partial charge in [0.25, 0.3) is 0 Å². The molecule has 4 aliphatic rings. The van der Waals surface area contributed by atoms with E-state index < -0.39 is 11.2 Å². The van der Waals surface area contributed by atoms with Crippen LogP contribution in [0.15, 0.2) is 0 Å². The molecule has 4 nitrogen and oxygen atoms in total. The van der Waals surface area contributed by atoms with Crippen molar-refractivity contribution >= 4 is 0 Å². The van der Waals surface area contributed by atoms with Crippen molar-refractivity contribution in [3.05, 3.63) is 0 Å². The fourth-order valence-corrected chi connectivity index (χ4v) is 10.5. The highest BCUT2D eigenvalue weighted by molar-refractivity contribution is 5.19. The van der Waals surface area contributed by atoms with Crippen LogP contribution < -0.4 is 0 Å². The van der Waals surface area contributed by atoms with Gasteiger partial charge in [-0.15, -0.1) is 0 Å². The second-order valence-electron chi connectivity index (χ2n) is 15.4. The van der Waals surface area contributed by atoms with Crippen LogP contribution in [0, 0.1) is 45.3 Å². The third kappa shape index (κ3) is 3.84. The summed E-state index contributed by atoms with van der Waals surface area (Å²) in [7, 11) is 0. The summed E-state index contributed by atoms with van der Waals surface area (Å²) < 4.78 is 0. The number of rotatable bonds is 5. The van der Waals surface area contributed by atoms with Gasteiger partial charge >= 0.3 is 0 Å². The summed E-state index contributed by atoms with van der Waals surface area (Å²) in [6, 6.07) is 0. The van der Waals surface area contributed by atoms with E-state index >= 15 is 0 Å². The van der Waals surface area contributed by atoms with E-state index in [2.05, 4.69) is 34.6 Å². The van der Waals surface area contributed by atoms with Crippen LogP contribution in [0.4, 0.5) is 0 Å². The highest BCUT2D eigenvalue weighted by Gasteiger charge is 2.71. The first-order valence-electron chi connectivity index (χ1n) is 14.2. The van der Waals surface area contributed by atoms with E-state index in [1.54, 1.807) is 0 Å². The fourth-order valence-electron chi connectivity index (χ4n) is 10.5. The van der Waals surface area contributed by atoms with Gasteiger partial charge in [-0.2, -0.15) is 0 Å². The molecule has 10 atom stereocenters. The second kappa shape index (κ2) is 8.17. The molecule has 34 heavy (non-hydrogen) atoms. The highest BCUT2D eigenvalue weighted by Crippen LogP contribution is 2.75. The molecule has 4 heteroatoms. The minimum atomic E-state index is -0.824. The quantitative estimate of drug-likeness (QED) is 0.409. The molecule has 0 aromatic rings. The predicted molar refractivity (Wildman–Crippen MR) is 137 cm³/mol. The molecular weight excluding hydrogens is 424 g/mol. The largest absolute Gasteiger partial charge is 0.393 e. The number of aliphatic hydroxyl groups is 4. The van der Waals surface area contributed by atoms with Crippen molar-refractivity contribution in [2.24, 2.45) is 45.3 Å². The maximum Gasteiger partial charge on any atom is 0.0651 e. The molecule has 0 spiro atoms. The van der Waals surface area contributed by atoms with E-state index in [-0.39, 0.29) is 45.7 Å². The SMILES string of the molecule is CC(C)(O)CCC[C@@](C)(O)C1CC[C@]2(C)[C@@H]1[C@H](O)C[C@@H]1[C@@]3(C)CC[C@H](O)C(C)(C)[C@H]3CC[C@]12C. The Bertz CT molecular complexity index is 768. The molecule has 0 bridgehead atoms. The van der Waals surface area contributed by atoms with Gasteiger partial charge in [0, 0.05) is 0 Å². The molecule has 4 rings (SSSR count). The lowest BCUT2D eigenvalue weighted by atomic mass is 9.35. The summed E-state index contributed by atoms with van der Waals surface area (Å²) in [5.74, 6) is 1.15. The maximum atomic E-state index is 11.8. The molecule has 0 heterocycles. The fraction of sp³-hybridized carbons (Fsp3) is 1.00. The molecule has 4 aliphatic carbocycles. The van der Waals surface area contributed by atoms with Crippen molar-refractivity contribution in [3.63, 3.8) is 0 Å². The number of fused-ring (bicyclic) bond motifs is 5. The van der Waals surface area contributed by atoms with Gasteiger partial charge in [0.1, 0.15) is 0 Å². The maximum absolute atomic E-state index is 11.8. The van der Waals surface area contributed by atoms with Crippen LogP contribution in [0.2, 0.25) is 0 Å². The summed E-state index contributed by atoms with van der Waals surface area (Å²) in [5, 5.41) is 44.5. The number of aliphatic hydroxyl groups excluding tert-OH is 2. The van der Waals surface area contributed by atoms with Crippen LogP contribution >= 0.6 is 0 Å². The Hall–Kier alpha value is -0.160. The molecule has 0 saturated heterocycles. The van der Waals surface area contributed by atoms with Gasteiger partial charge < -0.3 is 20.4 Å². The van der Waals surface area contributed by atoms with Gasteiger partial charge in [0.15, 0.2) is 0 Å². The van der Waals surface area contributed by atoms with Gasteiger partial charge in [-0.05, 0) is 130 Å². The van der Waals surface area contributed by atoms with Crippen molar-refractivity contribution in [1.29, 1.82) is 0 Å². The summed E-state index contributed by atoms with van der Waals surface area (Å²) in [5.41, 5.74) is -1.33. The Balaban J connectivity index is 1.62. The zero-order valence-electron chi connectivity index (χ0n) is 23.3. The third-order valence-corrected chi connectivity index (χ3v) is 12.6. The second-order valence-corrected chi connectivity index (χ2v) is 15.4. The number of hydrogen-bond acceptors (Lipinski definition) is 4. The average Bonchev–Trinajstić information content (AvgIpc) is 3.07. The molecule has 0 radical (unpaired) electrons. The van der Waals surface area contributed by atoms with Crippen molar-refractivity contribution in [2.45, 2.75) is 143 Å². The first-order chi connectivity index (χ1) is 15.4. The smallest absolute Gasteiger partial charge is 0.0651 e. The summed E-state index contributed by atoms with van der Waals surface area (Å²) >= 11 is 0. The Morgan fingerprint density at radius 3 is 2.00 bits per heavy atom. The number of hydrogen-bond donors (Lipinski definition) is 4. The average molecular weight is 479 g/mol. The standard InChI is InChI=1S/C30H54O4/c1-25(2,33)13-9-14-30(8,34)19-10-16-29(7)24(19)20(31)18-22-27(5)15-12-23(32)26(3,4)21(27)11-17-28(22,29)6/h19-24,31-34H,9-18H2,1-8H3/t19?,20-,21-,22-,23+,24+,27+,28-,29-,30-/m1/s1. The van der Waals surface area contributed by atoms with E-state index in [0.29, 0.717) is 24.7 Å². The van der Waals surface area contributed by atoms with E-state index in [9.17, 15) is 20.4 Å². The molecule has 0 aromatic heterocycles. The first-order valence-corrected chi connectivity index (χ1v) is 14.2. The minimum Gasteiger partial charge on any atom is -0.393 e. The molecule has 0 amide bonds. The van der Waals surface area contributed by atoms with Crippen LogP contribution in [-0.4, -0.2) is 43.8 Å². The van der Waals surface area contributed by atoms with E-state index in [1.807, 2.05) is 20.8 Å². The van der Waals surface area contributed by atoms with Gasteiger partial charge in [-0.1, -0.05) is 34.6 Å². The minimum absolute atomic E-state index is 0.00836. The van der Waals surface area contributed by atoms with Crippen molar-refractivity contribution in [2.75, 3.05) is 0 Å². The Morgan fingerprint density at radius 2 is 1.38 bits per heavy atom. The monoisotopic (exact) mass is 478 g/mol. The molecule has 0 aromatic carbocycles. The topological polar surface area (TPSA) is 80.9 Å². The molecule has 0 aliphatic heterocycles.